The third-order valence-corrected chi connectivity index (χ3v) is 7.79. The Labute approximate surface area is 246 Å². The first-order valence-electron chi connectivity index (χ1n) is 13.2. The second kappa shape index (κ2) is 12.4. The second-order valence-corrected chi connectivity index (χ2v) is 10.1. The van der Waals surface area contributed by atoms with Crippen LogP contribution < -0.4 is 33.8 Å². The highest BCUT2D eigenvalue weighted by Crippen LogP contribution is 2.42. The molecule has 3 aromatic carbocycles. The molecule has 2 heterocycles. The van der Waals surface area contributed by atoms with Gasteiger partial charge in [0, 0.05) is 11.1 Å². The molecule has 1 aliphatic rings. The zero-order valence-electron chi connectivity index (χ0n) is 23.9. The van der Waals surface area contributed by atoms with Crippen LogP contribution in [-0.2, 0) is 9.53 Å². The molecule has 0 fully saturated rings. The van der Waals surface area contributed by atoms with E-state index in [1.54, 1.807) is 51.5 Å². The summed E-state index contributed by atoms with van der Waals surface area (Å²) in [6.45, 7) is 1.89. The van der Waals surface area contributed by atoms with E-state index in [0.29, 0.717) is 49.2 Å². The van der Waals surface area contributed by atoms with Gasteiger partial charge in [0.15, 0.2) is 27.8 Å². The first kappa shape index (κ1) is 28.7. The minimum atomic E-state index is -0.909. The number of aromatic nitrogens is 1. The van der Waals surface area contributed by atoms with Crippen LogP contribution >= 0.6 is 11.3 Å². The number of hydrogen-bond donors (Lipinski definition) is 0. The fraction of sp³-hybridized carbons (Fsp3) is 0.219. The van der Waals surface area contributed by atoms with Gasteiger partial charge in [-0.05, 0) is 36.8 Å². The molecule has 1 atom stereocenters. The van der Waals surface area contributed by atoms with Gasteiger partial charge < -0.3 is 23.7 Å². The van der Waals surface area contributed by atoms with Crippen LogP contribution in [0.15, 0.2) is 82.1 Å². The number of methoxy groups -OCH3 is 4. The highest BCUT2D eigenvalue weighted by molar-refractivity contribution is 7.07. The number of carbonyl (C=O) groups is 1. The van der Waals surface area contributed by atoms with Crippen molar-refractivity contribution in [2.45, 2.75) is 13.0 Å². The van der Waals surface area contributed by atoms with E-state index in [2.05, 4.69) is 0 Å². The van der Waals surface area contributed by atoms with Crippen molar-refractivity contribution >= 4 is 29.1 Å². The molecule has 5 rings (SSSR count). The minimum absolute atomic E-state index is 0.149. The fourth-order valence-corrected chi connectivity index (χ4v) is 5.96. The summed E-state index contributed by atoms with van der Waals surface area (Å²) in [7, 11) is 6.18. The number of ether oxygens (including phenoxy) is 5. The summed E-state index contributed by atoms with van der Waals surface area (Å²) in [5.74, 6) is 1.39. The maximum Gasteiger partial charge on any atom is 0.338 e. The van der Waals surface area contributed by atoms with Crippen LogP contribution in [0, 0.1) is 0 Å². The van der Waals surface area contributed by atoms with Gasteiger partial charge in [-0.1, -0.05) is 59.9 Å². The van der Waals surface area contributed by atoms with Crippen LogP contribution in [0.4, 0.5) is 0 Å². The predicted molar refractivity (Wildman–Crippen MR) is 160 cm³/mol. The molecule has 0 unspecified atom stereocenters. The summed E-state index contributed by atoms with van der Waals surface area (Å²) in [6, 6.07) is 19.2. The number of para-hydroxylation sites is 1. The fourth-order valence-electron chi connectivity index (χ4n) is 4.96. The quantitative estimate of drug-likeness (QED) is 0.274. The molecule has 0 amide bonds. The monoisotopic (exact) mass is 586 g/mol. The molecule has 0 bridgehead atoms. The van der Waals surface area contributed by atoms with Crippen molar-refractivity contribution in [3.05, 3.63) is 109 Å². The van der Waals surface area contributed by atoms with Gasteiger partial charge in [0.25, 0.3) is 5.56 Å². The molecule has 0 radical (unpaired) electrons. The summed E-state index contributed by atoms with van der Waals surface area (Å²) in [5.41, 5.74) is 2.33. The van der Waals surface area contributed by atoms with Crippen LogP contribution in [-0.4, -0.2) is 45.6 Å². The second-order valence-electron chi connectivity index (χ2n) is 9.13. The lowest BCUT2D eigenvalue weighted by molar-refractivity contribution is -0.138. The van der Waals surface area contributed by atoms with E-state index >= 15 is 0 Å². The molecule has 0 spiro atoms. The number of esters is 1. The van der Waals surface area contributed by atoms with Gasteiger partial charge in [0.1, 0.15) is 6.04 Å². The van der Waals surface area contributed by atoms with Crippen molar-refractivity contribution in [2.24, 2.45) is 4.99 Å². The molecule has 0 saturated heterocycles. The lowest BCUT2D eigenvalue weighted by Crippen LogP contribution is -2.40. The van der Waals surface area contributed by atoms with Crippen LogP contribution in [0.5, 0.6) is 23.0 Å². The van der Waals surface area contributed by atoms with E-state index < -0.39 is 12.0 Å². The van der Waals surface area contributed by atoms with E-state index in [1.807, 2.05) is 42.5 Å². The SMILES string of the molecule is CCOC(=O)C1=C(c2ccccc2)N=c2sc(=Cc3ccc(OC)c(OC)c3)c(=O)n2[C@H]1c1cccc(OC)c1OC. The first-order valence-corrected chi connectivity index (χ1v) is 14.0. The van der Waals surface area contributed by atoms with Crippen LogP contribution in [0.25, 0.3) is 11.8 Å². The average Bonchev–Trinajstić information content (AvgIpc) is 3.34. The Kier molecular flexibility index (Phi) is 8.44. The maximum atomic E-state index is 14.2. The normalized spacial score (nSPS) is 14.6. The highest BCUT2D eigenvalue weighted by atomic mass is 32.1. The van der Waals surface area contributed by atoms with Crippen LogP contribution in [0.2, 0.25) is 0 Å². The summed E-state index contributed by atoms with van der Waals surface area (Å²) in [4.78, 5) is 33.2. The molecule has 216 valence electrons. The summed E-state index contributed by atoms with van der Waals surface area (Å²) < 4.78 is 29.6. The standard InChI is InChI=1S/C32H30N2O7S/c1-6-41-31(36)26-27(20-11-8-7-9-12-20)33-32-34(28(26)21-13-10-14-23(38-3)29(21)40-5)30(35)25(42-32)18-19-15-16-22(37-2)24(17-19)39-4/h7-18,28H,6H2,1-5H3/t28-/m0/s1. The minimum Gasteiger partial charge on any atom is -0.493 e. The molecule has 10 heteroatoms. The van der Waals surface area contributed by atoms with Crippen molar-refractivity contribution in [1.82, 2.24) is 4.57 Å². The smallest absolute Gasteiger partial charge is 0.338 e. The van der Waals surface area contributed by atoms with Gasteiger partial charge in [0.05, 0.1) is 50.8 Å². The largest absolute Gasteiger partial charge is 0.493 e. The molecule has 1 aromatic heterocycles. The zero-order valence-corrected chi connectivity index (χ0v) is 24.7. The molecule has 42 heavy (non-hydrogen) atoms. The number of fused-ring (bicyclic) bond motifs is 1. The van der Waals surface area contributed by atoms with Crippen LogP contribution in [0.3, 0.4) is 0 Å². The number of nitrogens with zero attached hydrogens (tertiary/aromatic N) is 2. The van der Waals surface area contributed by atoms with E-state index in [-0.39, 0.29) is 17.7 Å². The van der Waals surface area contributed by atoms with Gasteiger partial charge in [0.2, 0.25) is 0 Å². The Morgan fingerprint density at radius 1 is 0.905 bits per heavy atom. The molecule has 0 saturated carbocycles. The Morgan fingerprint density at radius 2 is 1.64 bits per heavy atom. The van der Waals surface area contributed by atoms with Crippen LogP contribution in [0.1, 0.15) is 29.7 Å². The zero-order chi connectivity index (χ0) is 29.8. The van der Waals surface area contributed by atoms with Crippen molar-refractivity contribution in [3.8, 4) is 23.0 Å². The van der Waals surface area contributed by atoms with Gasteiger partial charge >= 0.3 is 5.97 Å². The van der Waals surface area contributed by atoms with Crippen molar-refractivity contribution in [3.63, 3.8) is 0 Å². The first-order chi connectivity index (χ1) is 20.4. The molecule has 0 N–H and O–H groups in total. The number of rotatable bonds is 9. The Morgan fingerprint density at radius 3 is 2.31 bits per heavy atom. The highest BCUT2D eigenvalue weighted by Gasteiger charge is 2.37. The number of hydrogen-bond acceptors (Lipinski definition) is 9. The number of carbonyl (C=O) groups excluding carboxylic acids is 1. The topological polar surface area (TPSA) is 97.6 Å². The number of benzene rings is 3. The van der Waals surface area contributed by atoms with Crippen molar-refractivity contribution in [2.75, 3.05) is 35.0 Å². The predicted octanol–water partition coefficient (Wildman–Crippen LogP) is 3.97. The van der Waals surface area contributed by atoms with Crippen molar-refractivity contribution < 1.29 is 28.5 Å². The van der Waals surface area contributed by atoms with Gasteiger partial charge in [-0.25, -0.2) is 9.79 Å². The molecular formula is C32H30N2O7S. The molecule has 9 nitrogen and oxygen atoms in total. The van der Waals surface area contributed by atoms with Gasteiger partial charge in [-0.2, -0.15) is 0 Å². The Balaban J connectivity index is 1.85. The van der Waals surface area contributed by atoms with E-state index in [9.17, 15) is 9.59 Å². The lowest BCUT2D eigenvalue weighted by Gasteiger charge is -2.27. The van der Waals surface area contributed by atoms with Crippen molar-refractivity contribution in [1.29, 1.82) is 0 Å². The van der Waals surface area contributed by atoms with Gasteiger partial charge in [-0.15, -0.1) is 0 Å². The summed E-state index contributed by atoms with van der Waals surface area (Å²) >= 11 is 1.23. The van der Waals surface area contributed by atoms with E-state index in [0.717, 1.165) is 5.56 Å². The number of thiazole rings is 1. The Hall–Kier alpha value is -4.83. The van der Waals surface area contributed by atoms with E-state index in [4.69, 9.17) is 28.7 Å². The summed E-state index contributed by atoms with van der Waals surface area (Å²) in [6.07, 6.45) is 1.77. The third kappa shape index (κ3) is 5.16. The van der Waals surface area contributed by atoms with Gasteiger partial charge in [-0.3, -0.25) is 9.36 Å². The lowest BCUT2D eigenvalue weighted by atomic mass is 9.92. The average molecular weight is 587 g/mol. The maximum absolute atomic E-state index is 14.2. The third-order valence-electron chi connectivity index (χ3n) is 6.81. The Bertz CT molecular complexity index is 1840. The molecular weight excluding hydrogens is 556 g/mol. The molecule has 4 aromatic rings. The molecule has 0 aliphatic carbocycles. The van der Waals surface area contributed by atoms with E-state index in [1.165, 1.54) is 30.1 Å². The summed E-state index contributed by atoms with van der Waals surface area (Å²) in [5, 5.41) is 0. The molecule has 1 aliphatic heterocycles.